The van der Waals surface area contributed by atoms with Gasteiger partial charge in [0.15, 0.2) is 5.11 Å². The number of piperidine rings is 1. The van der Waals surface area contributed by atoms with Gasteiger partial charge in [0.1, 0.15) is 0 Å². The minimum atomic E-state index is -0.485. The van der Waals surface area contributed by atoms with E-state index in [1.807, 2.05) is 0 Å². The summed E-state index contributed by atoms with van der Waals surface area (Å²) in [5.41, 5.74) is 3.39. The Bertz CT molecular complexity index is 873. The van der Waals surface area contributed by atoms with E-state index in [4.69, 9.17) is 28.6 Å². The quantitative estimate of drug-likeness (QED) is 0.521. The van der Waals surface area contributed by atoms with E-state index in [1.54, 1.807) is 18.2 Å². The maximum atomic E-state index is 11.8. The van der Waals surface area contributed by atoms with Gasteiger partial charge in [-0.1, -0.05) is 30.7 Å². The molecule has 0 bridgehead atoms. The molecule has 1 aliphatic rings. The molecule has 29 heavy (non-hydrogen) atoms. The fraction of sp³-hybridized carbons (Fsp3) is 0.364. The smallest absolute Gasteiger partial charge is 0.339 e. The van der Waals surface area contributed by atoms with Crippen molar-refractivity contribution in [2.24, 2.45) is 5.92 Å². The molecule has 154 valence electrons. The van der Waals surface area contributed by atoms with E-state index in [2.05, 4.69) is 46.7 Å². The van der Waals surface area contributed by atoms with E-state index in [9.17, 15) is 4.79 Å². The normalized spacial score (nSPS) is 16.2. The molecule has 0 radical (unpaired) electrons. The fourth-order valence-electron chi connectivity index (χ4n) is 3.48. The molecule has 0 aliphatic carbocycles. The van der Waals surface area contributed by atoms with Crippen LogP contribution in [0.5, 0.6) is 0 Å². The van der Waals surface area contributed by atoms with Crippen LogP contribution < -0.4 is 15.5 Å². The lowest BCUT2D eigenvalue weighted by molar-refractivity contribution is 0.0601. The van der Waals surface area contributed by atoms with Gasteiger partial charge >= 0.3 is 5.97 Å². The van der Waals surface area contributed by atoms with Crippen LogP contribution in [0.15, 0.2) is 42.5 Å². The van der Waals surface area contributed by atoms with Crippen LogP contribution in [0.1, 0.15) is 35.7 Å². The van der Waals surface area contributed by atoms with Gasteiger partial charge in [0.25, 0.3) is 0 Å². The van der Waals surface area contributed by atoms with Crippen LogP contribution >= 0.6 is 23.8 Å². The second kappa shape index (κ2) is 9.94. The van der Waals surface area contributed by atoms with Gasteiger partial charge in [-0.3, -0.25) is 0 Å². The number of hydrogen-bond acceptors (Lipinski definition) is 4. The lowest BCUT2D eigenvalue weighted by Crippen LogP contribution is -2.34. The average molecular weight is 432 g/mol. The molecule has 0 spiro atoms. The number of nitrogens with zero attached hydrogens (tertiary/aromatic N) is 1. The molecule has 1 fully saturated rings. The molecular weight excluding hydrogens is 406 g/mol. The van der Waals surface area contributed by atoms with Crippen LogP contribution in [0, 0.1) is 5.92 Å². The molecule has 0 aromatic heterocycles. The van der Waals surface area contributed by atoms with Crippen molar-refractivity contribution in [1.82, 2.24) is 5.32 Å². The second-order valence-corrected chi connectivity index (χ2v) is 8.17. The van der Waals surface area contributed by atoms with E-state index < -0.39 is 5.97 Å². The highest BCUT2D eigenvalue weighted by molar-refractivity contribution is 7.80. The lowest BCUT2D eigenvalue weighted by atomic mass is 9.99. The topological polar surface area (TPSA) is 53.6 Å². The number of ether oxygens (including phenoxy) is 1. The van der Waals surface area contributed by atoms with Gasteiger partial charge in [0.2, 0.25) is 0 Å². The van der Waals surface area contributed by atoms with Crippen LogP contribution in [-0.2, 0) is 11.3 Å². The Morgan fingerprint density at radius 3 is 2.72 bits per heavy atom. The number of carbonyl (C=O) groups is 1. The molecule has 3 rings (SSSR count). The Labute approximate surface area is 182 Å². The van der Waals surface area contributed by atoms with Gasteiger partial charge in [-0.25, -0.2) is 4.79 Å². The molecule has 1 heterocycles. The molecule has 7 heteroatoms. The number of thiocarbonyl (C=S) groups is 1. The van der Waals surface area contributed by atoms with E-state index in [0.717, 1.165) is 24.6 Å². The van der Waals surface area contributed by atoms with Crippen molar-refractivity contribution in [2.75, 3.05) is 30.4 Å². The molecule has 1 atom stereocenters. The van der Waals surface area contributed by atoms with Crippen LogP contribution in [0.2, 0.25) is 5.02 Å². The highest BCUT2D eigenvalue weighted by Gasteiger charge is 2.16. The Balaban J connectivity index is 1.53. The van der Waals surface area contributed by atoms with Gasteiger partial charge < -0.3 is 20.3 Å². The summed E-state index contributed by atoms with van der Waals surface area (Å²) in [6.45, 7) is 5.18. The van der Waals surface area contributed by atoms with Gasteiger partial charge in [-0.2, -0.15) is 0 Å². The summed E-state index contributed by atoms with van der Waals surface area (Å²) in [6, 6.07) is 13.6. The number of anilines is 2. The zero-order valence-electron chi connectivity index (χ0n) is 16.7. The Morgan fingerprint density at radius 1 is 1.28 bits per heavy atom. The van der Waals surface area contributed by atoms with Crippen LogP contribution in [0.25, 0.3) is 0 Å². The van der Waals surface area contributed by atoms with Gasteiger partial charge in [0.05, 0.1) is 17.7 Å². The maximum Gasteiger partial charge on any atom is 0.339 e. The SMILES string of the molecule is COC(=O)c1cc(NC(=S)NCc2ccc(N3CCCC(C)C3)cc2)ccc1Cl. The van der Waals surface area contributed by atoms with Gasteiger partial charge in [-0.05, 0) is 66.9 Å². The monoisotopic (exact) mass is 431 g/mol. The molecule has 2 aromatic rings. The first kappa shape index (κ1) is 21.4. The number of halogens is 1. The van der Waals surface area contributed by atoms with Crippen molar-refractivity contribution in [3.05, 3.63) is 58.6 Å². The third kappa shape index (κ3) is 5.84. The predicted octanol–water partition coefficient (Wildman–Crippen LogP) is 4.85. The summed E-state index contributed by atoms with van der Waals surface area (Å²) in [6.07, 6.45) is 2.57. The van der Waals surface area contributed by atoms with Crippen LogP contribution in [-0.4, -0.2) is 31.3 Å². The van der Waals surface area contributed by atoms with Crippen LogP contribution in [0.4, 0.5) is 11.4 Å². The summed E-state index contributed by atoms with van der Waals surface area (Å²) < 4.78 is 4.74. The van der Waals surface area contributed by atoms with E-state index >= 15 is 0 Å². The van der Waals surface area contributed by atoms with Crippen molar-refractivity contribution in [1.29, 1.82) is 0 Å². The summed E-state index contributed by atoms with van der Waals surface area (Å²) in [5.74, 6) is 0.266. The Kier molecular flexibility index (Phi) is 7.34. The van der Waals surface area contributed by atoms with E-state index in [1.165, 1.54) is 25.6 Å². The molecule has 0 amide bonds. The molecule has 0 saturated carbocycles. The third-order valence-corrected chi connectivity index (χ3v) is 5.62. The largest absolute Gasteiger partial charge is 0.465 e. The minimum Gasteiger partial charge on any atom is -0.465 e. The molecule has 5 nitrogen and oxygen atoms in total. The van der Waals surface area contributed by atoms with Crippen molar-refractivity contribution in [3.8, 4) is 0 Å². The van der Waals surface area contributed by atoms with Gasteiger partial charge in [-0.15, -0.1) is 0 Å². The highest BCUT2D eigenvalue weighted by atomic mass is 35.5. The number of hydrogen-bond donors (Lipinski definition) is 2. The first-order chi connectivity index (χ1) is 14.0. The zero-order valence-corrected chi connectivity index (χ0v) is 18.3. The highest BCUT2D eigenvalue weighted by Crippen LogP contribution is 2.23. The second-order valence-electron chi connectivity index (χ2n) is 7.35. The first-order valence-corrected chi connectivity index (χ1v) is 10.5. The van der Waals surface area contributed by atoms with Crippen molar-refractivity contribution in [3.63, 3.8) is 0 Å². The minimum absolute atomic E-state index is 0.296. The molecular formula is C22H26ClN3O2S. The summed E-state index contributed by atoms with van der Waals surface area (Å²) in [7, 11) is 1.32. The Morgan fingerprint density at radius 2 is 2.03 bits per heavy atom. The standard InChI is InChI=1S/C22H26ClN3O2S/c1-15-4-3-11-26(14-15)18-8-5-16(6-9-18)13-24-22(29)25-17-7-10-20(23)19(12-17)21(27)28-2/h5-10,12,15H,3-4,11,13-14H2,1-2H3,(H2,24,25,29). The summed E-state index contributed by atoms with van der Waals surface area (Å²) >= 11 is 11.4. The average Bonchev–Trinajstić information content (AvgIpc) is 2.73. The molecule has 1 unspecified atom stereocenters. The number of carbonyl (C=O) groups excluding carboxylic acids is 1. The van der Waals surface area contributed by atoms with Crippen molar-refractivity contribution in [2.45, 2.75) is 26.3 Å². The number of esters is 1. The maximum absolute atomic E-state index is 11.8. The molecule has 2 N–H and O–H groups in total. The number of methoxy groups -OCH3 is 1. The van der Waals surface area contributed by atoms with E-state index in [0.29, 0.717) is 27.9 Å². The molecule has 1 aliphatic heterocycles. The summed E-state index contributed by atoms with van der Waals surface area (Å²) in [4.78, 5) is 14.2. The fourth-order valence-corrected chi connectivity index (χ4v) is 3.86. The van der Waals surface area contributed by atoms with Crippen LogP contribution in [0.3, 0.4) is 0 Å². The number of rotatable bonds is 5. The van der Waals surface area contributed by atoms with Crippen molar-refractivity contribution < 1.29 is 9.53 Å². The zero-order chi connectivity index (χ0) is 20.8. The predicted molar refractivity (Wildman–Crippen MR) is 123 cm³/mol. The Hall–Kier alpha value is -2.31. The third-order valence-electron chi connectivity index (χ3n) is 5.04. The number of benzene rings is 2. The molecule has 2 aromatic carbocycles. The first-order valence-electron chi connectivity index (χ1n) is 9.73. The van der Waals surface area contributed by atoms with Gasteiger partial charge in [0, 0.05) is 31.0 Å². The van der Waals surface area contributed by atoms with Crippen molar-refractivity contribution >= 4 is 46.3 Å². The lowest BCUT2D eigenvalue weighted by Gasteiger charge is -2.32. The van der Waals surface area contributed by atoms with E-state index in [-0.39, 0.29) is 0 Å². The number of nitrogens with one attached hydrogen (secondary N) is 2. The molecule has 1 saturated heterocycles. The summed E-state index contributed by atoms with van der Waals surface area (Å²) in [5, 5.41) is 7.07.